The highest BCUT2D eigenvalue weighted by Crippen LogP contribution is 2.39. The highest BCUT2D eigenvalue weighted by Gasteiger charge is 2.26. The number of carbonyl (C=O) groups is 1. The number of ether oxygens (including phenoxy) is 1. The molecule has 0 radical (unpaired) electrons. The van der Waals surface area contributed by atoms with E-state index in [2.05, 4.69) is 11.2 Å². The van der Waals surface area contributed by atoms with Crippen LogP contribution >= 0.6 is 11.3 Å². The van der Waals surface area contributed by atoms with Gasteiger partial charge in [0.2, 0.25) is 0 Å². The SMILES string of the molecule is O=C(O)CC1OCCc2sc(-c3cnn(-c4ccccc4)c3)cc21. The average Bonchev–Trinajstić information content (AvgIpc) is 3.22. The second-order valence-electron chi connectivity index (χ2n) is 5.71. The maximum atomic E-state index is 11.0. The van der Waals surface area contributed by atoms with E-state index in [0.717, 1.165) is 28.1 Å². The maximum absolute atomic E-state index is 11.0. The normalized spacial score (nSPS) is 16.8. The van der Waals surface area contributed by atoms with Crippen LogP contribution < -0.4 is 0 Å². The molecule has 1 N–H and O–H groups in total. The molecule has 1 aliphatic rings. The molecule has 0 fully saturated rings. The van der Waals surface area contributed by atoms with Gasteiger partial charge in [0.15, 0.2) is 0 Å². The lowest BCUT2D eigenvalue weighted by Crippen LogP contribution is -2.17. The number of thiophene rings is 1. The Morgan fingerprint density at radius 1 is 1.38 bits per heavy atom. The first-order valence-electron chi connectivity index (χ1n) is 7.77. The van der Waals surface area contributed by atoms with Crippen LogP contribution in [0.3, 0.4) is 0 Å². The zero-order chi connectivity index (χ0) is 16.5. The standard InChI is InChI=1S/C18H16N2O3S/c21-18(22)9-15-14-8-17(24-16(14)6-7-23-15)12-10-19-20(11-12)13-4-2-1-3-5-13/h1-5,8,10-11,15H,6-7,9H2,(H,21,22). The first kappa shape index (κ1) is 15.1. The third-order valence-corrected chi connectivity index (χ3v) is 5.34. The van der Waals surface area contributed by atoms with Crippen LogP contribution in [0, 0.1) is 0 Å². The molecule has 2 aromatic heterocycles. The molecule has 3 aromatic rings. The number of para-hydroxylation sites is 1. The van der Waals surface area contributed by atoms with Gasteiger partial charge in [-0.1, -0.05) is 18.2 Å². The number of fused-ring (bicyclic) bond motifs is 1. The van der Waals surface area contributed by atoms with Crippen molar-refractivity contribution in [1.82, 2.24) is 9.78 Å². The summed E-state index contributed by atoms with van der Waals surface area (Å²) >= 11 is 1.70. The Balaban J connectivity index is 1.65. The number of hydrogen-bond acceptors (Lipinski definition) is 4. The van der Waals surface area contributed by atoms with Crippen LogP contribution in [0.4, 0.5) is 0 Å². The molecule has 1 aliphatic heterocycles. The minimum Gasteiger partial charge on any atom is -0.481 e. The highest BCUT2D eigenvalue weighted by atomic mass is 32.1. The van der Waals surface area contributed by atoms with Crippen LogP contribution in [0.1, 0.15) is 23.0 Å². The van der Waals surface area contributed by atoms with Gasteiger partial charge in [0.05, 0.1) is 31.0 Å². The van der Waals surface area contributed by atoms with Crippen molar-refractivity contribution in [2.24, 2.45) is 0 Å². The molecule has 0 saturated heterocycles. The molecule has 6 heteroatoms. The van der Waals surface area contributed by atoms with Crippen LogP contribution in [0.2, 0.25) is 0 Å². The number of aliphatic carboxylic acids is 1. The van der Waals surface area contributed by atoms with Gasteiger partial charge in [-0.2, -0.15) is 5.10 Å². The lowest BCUT2D eigenvalue weighted by Gasteiger charge is -2.21. The Morgan fingerprint density at radius 2 is 2.21 bits per heavy atom. The maximum Gasteiger partial charge on any atom is 0.306 e. The quantitative estimate of drug-likeness (QED) is 0.787. The van der Waals surface area contributed by atoms with Crippen molar-refractivity contribution in [3.8, 4) is 16.1 Å². The third kappa shape index (κ3) is 2.86. The largest absolute Gasteiger partial charge is 0.481 e. The number of nitrogens with zero attached hydrogens (tertiary/aromatic N) is 2. The van der Waals surface area contributed by atoms with Gasteiger partial charge in [-0.05, 0) is 23.8 Å². The predicted molar refractivity (Wildman–Crippen MR) is 91.5 cm³/mol. The van der Waals surface area contributed by atoms with Gasteiger partial charge in [0.25, 0.3) is 0 Å². The lowest BCUT2D eigenvalue weighted by molar-refractivity contribution is -0.140. The van der Waals surface area contributed by atoms with Crippen LogP contribution in [0.5, 0.6) is 0 Å². The van der Waals surface area contributed by atoms with Gasteiger partial charge in [-0.3, -0.25) is 4.79 Å². The fraction of sp³-hybridized carbons (Fsp3) is 0.222. The van der Waals surface area contributed by atoms with Gasteiger partial charge in [-0.15, -0.1) is 11.3 Å². The topological polar surface area (TPSA) is 64.3 Å². The van der Waals surface area contributed by atoms with Crippen molar-refractivity contribution >= 4 is 17.3 Å². The van der Waals surface area contributed by atoms with E-state index in [1.807, 2.05) is 47.4 Å². The molecular formula is C18H16N2O3S. The summed E-state index contributed by atoms with van der Waals surface area (Å²) in [5.74, 6) is -0.836. The molecule has 1 atom stereocenters. The average molecular weight is 340 g/mol. The molecule has 0 bridgehead atoms. The van der Waals surface area contributed by atoms with E-state index >= 15 is 0 Å². The zero-order valence-electron chi connectivity index (χ0n) is 12.9. The number of hydrogen-bond donors (Lipinski definition) is 1. The van der Waals surface area contributed by atoms with Crippen molar-refractivity contribution in [1.29, 1.82) is 0 Å². The molecule has 3 heterocycles. The zero-order valence-corrected chi connectivity index (χ0v) is 13.7. The Hall–Kier alpha value is -2.44. The molecule has 5 nitrogen and oxygen atoms in total. The van der Waals surface area contributed by atoms with Gasteiger partial charge < -0.3 is 9.84 Å². The van der Waals surface area contributed by atoms with E-state index in [1.54, 1.807) is 11.3 Å². The number of benzene rings is 1. The second-order valence-corrected chi connectivity index (χ2v) is 6.84. The first-order chi connectivity index (χ1) is 11.7. The lowest BCUT2D eigenvalue weighted by atomic mass is 10.0. The van der Waals surface area contributed by atoms with Crippen LogP contribution in [-0.2, 0) is 16.0 Å². The van der Waals surface area contributed by atoms with Gasteiger partial charge in [0.1, 0.15) is 0 Å². The molecule has 0 spiro atoms. The fourth-order valence-corrected chi connectivity index (χ4v) is 4.10. The monoisotopic (exact) mass is 340 g/mol. The Kier molecular flexibility index (Phi) is 3.92. The van der Waals surface area contributed by atoms with E-state index < -0.39 is 5.97 Å². The summed E-state index contributed by atoms with van der Waals surface area (Å²) in [6.45, 7) is 0.578. The number of carboxylic acid groups (broad SMARTS) is 1. The summed E-state index contributed by atoms with van der Waals surface area (Å²) in [4.78, 5) is 13.3. The first-order valence-corrected chi connectivity index (χ1v) is 8.59. The molecular weight excluding hydrogens is 324 g/mol. The fourth-order valence-electron chi connectivity index (χ4n) is 2.94. The minimum atomic E-state index is -0.836. The predicted octanol–water partition coefficient (Wildman–Crippen LogP) is 3.69. The summed E-state index contributed by atoms with van der Waals surface area (Å²) in [5, 5.41) is 13.5. The summed E-state index contributed by atoms with van der Waals surface area (Å²) in [6, 6.07) is 12.0. The summed E-state index contributed by atoms with van der Waals surface area (Å²) in [6.07, 6.45) is 4.34. The molecule has 122 valence electrons. The van der Waals surface area contributed by atoms with E-state index in [1.165, 1.54) is 4.88 Å². The number of carboxylic acids is 1. The van der Waals surface area contributed by atoms with Crippen LogP contribution in [-0.4, -0.2) is 27.5 Å². The summed E-state index contributed by atoms with van der Waals surface area (Å²) in [5.41, 5.74) is 3.06. The van der Waals surface area contributed by atoms with Crippen molar-refractivity contribution in [2.75, 3.05) is 6.61 Å². The van der Waals surface area contributed by atoms with Gasteiger partial charge in [0, 0.05) is 27.9 Å². The molecule has 24 heavy (non-hydrogen) atoms. The Morgan fingerprint density at radius 3 is 3.00 bits per heavy atom. The van der Waals surface area contributed by atoms with E-state index in [0.29, 0.717) is 6.61 Å². The molecule has 1 aromatic carbocycles. The van der Waals surface area contributed by atoms with Crippen molar-refractivity contribution in [3.63, 3.8) is 0 Å². The summed E-state index contributed by atoms with van der Waals surface area (Å²) in [7, 11) is 0. The van der Waals surface area contributed by atoms with E-state index in [9.17, 15) is 4.79 Å². The smallest absolute Gasteiger partial charge is 0.306 e. The molecule has 0 aliphatic carbocycles. The molecule has 4 rings (SSSR count). The Labute approximate surface area is 143 Å². The van der Waals surface area contributed by atoms with Crippen molar-refractivity contribution in [3.05, 3.63) is 59.2 Å². The van der Waals surface area contributed by atoms with Crippen LogP contribution in [0.25, 0.3) is 16.1 Å². The minimum absolute atomic E-state index is 0.00640. The third-order valence-electron chi connectivity index (χ3n) is 4.08. The molecule has 0 saturated carbocycles. The second kappa shape index (κ2) is 6.22. The van der Waals surface area contributed by atoms with E-state index in [4.69, 9.17) is 9.84 Å². The van der Waals surface area contributed by atoms with Gasteiger partial charge in [-0.25, -0.2) is 4.68 Å². The molecule has 1 unspecified atom stereocenters. The van der Waals surface area contributed by atoms with Crippen LogP contribution in [0.15, 0.2) is 48.8 Å². The summed E-state index contributed by atoms with van der Waals surface area (Å²) < 4.78 is 7.49. The van der Waals surface area contributed by atoms with Crippen molar-refractivity contribution in [2.45, 2.75) is 18.9 Å². The highest BCUT2D eigenvalue weighted by molar-refractivity contribution is 7.15. The van der Waals surface area contributed by atoms with E-state index in [-0.39, 0.29) is 12.5 Å². The number of rotatable bonds is 4. The molecule has 0 amide bonds. The Bertz CT molecular complexity index is 870. The number of aromatic nitrogens is 2. The van der Waals surface area contributed by atoms with Gasteiger partial charge >= 0.3 is 5.97 Å². The van der Waals surface area contributed by atoms with Crippen molar-refractivity contribution < 1.29 is 14.6 Å².